The van der Waals surface area contributed by atoms with Gasteiger partial charge in [-0.1, -0.05) is 0 Å². The number of nitrogens with zero attached hydrogens (tertiary/aromatic N) is 3. The number of ether oxygens (including phenoxy) is 1. The van der Waals surface area contributed by atoms with Gasteiger partial charge in [-0.05, 0) is 47.1 Å². The van der Waals surface area contributed by atoms with Crippen LogP contribution in [0.2, 0.25) is 0 Å². The first-order valence-corrected chi connectivity index (χ1v) is 10.3. The van der Waals surface area contributed by atoms with Crippen LogP contribution in [0.25, 0.3) is 0 Å². The molecule has 2 aromatic rings. The van der Waals surface area contributed by atoms with Crippen molar-refractivity contribution in [2.24, 2.45) is 0 Å². The molecule has 26 heavy (non-hydrogen) atoms. The lowest BCUT2D eigenvalue weighted by Crippen LogP contribution is -2.40. The number of rotatable bonds is 5. The first-order valence-electron chi connectivity index (χ1n) is 8.03. The van der Waals surface area contributed by atoms with Crippen LogP contribution in [0.1, 0.15) is 5.69 Å². The number of aromatic nitrogens is 2. The summed E-state index contributed by atoms with van der Waals surface area (Å²) in [4.78, 5) is 12.3. The predicted octanol–water partition coefficient (Wildman–Crippen LogP) is 1.61. The van der Waals surface area contributed by atoms with Crippen LogP contribution in [0.5, 0.6) is 0 Å². The van der Waals surface area contributed by atoms with Gasteiger partial charge in [0, 0.05) is 25.0 Å². The van der Waals surface area contributed by atoms with Gasteiger partial charge in [0.05, 0.1) is 28.3 Å². The van der Waals surface area contributed by atoms with E-state index in [4.69, 9.17) is 4.74 Å². The fourth-order valence-corrected chi connectivity index (χ4v) is 4.29. The normalized spacial score (nSPS) is 15.8. The second-order valence-corrected chi connectivity index (χ2v) is 8.64. The van der Waals surface area contributed by atoms with Crippen molar-refractivity contribution in [3.63, 3.8) is 0 Å². The van der Waals surface area contributed by atoms with Crippen LogP contribution in [0.15, 0.2) is 39.8 Å². The second-order valence-electron chi connectivity index (χ2n) is 5.85. The monoisotopic (exact) mass is 442 g/mol. The molecule has 1 aliphatic heterocycles. The molecule has 0 unspecified atom stereocenters. The Kier molecular flexibility index (Phi) is 5.76. The van der Waals surface area contributed by atoms with E-state index in [1.165, 1.54) is 21.1 Å². The molecule has 0 aliphatic carbocycles. The van der Waals surface area contributed by atoms with Crippen molar-refractivity contribution in [2.45, 2.75) is 18.4 Å². The average Bonchev–Trinajstić information content (AvgIpc) is 2.93. The maximum atomic E-state index is 12.6. The lowest BCUT2D eigenvalue weighted by Gasteiger charge is -2.26. The van der Waals surface area contributed by atoms with E-state index in [-0.39, 0.29) is 17.3 Å². The number of carbonyl (C=O) groups excluding carboxylic acids is 1. The van der Waals surface area contributed by atoms with E-state index < -0.39 is 10.0 Å². The van der Waals surface area contributed by atoms with Gasteiger partial charge in [0.25, 0.3) is 0 Å². The van der Waals surface area contributed by atoms with E-state index in [9.17, 15) is 13.2 Å². The SMILES string of the molecule is Cc1nn(CC(=O)Nc2ccc(S(=O)(=O)N3CCOCC3)cc2)cc1Br. The maximum Gasteiger partial charge on any atom is 0.246 e. The molecule has 140 valence electrons. The Bertz CT molecular complexity index is 870. The summed E-state index contributed by atoms with van der Waals surface area (Å²) in [5.41, 5.74) is 1.33. The van der Waals surface area contributed by atoms with Gasteiger partial charge in [0.1, 0.15) is 6.54 Å². The highest BCUT2D eigenvalue weighted by molar-refractivity contribution is 9.10. The minimum atomic E-state index is -3.54. The molecule has 0 saturated carbocycles. The number of carbonyl (C=O) groups is 1. The quantitative estimate of drug-likeness (QED) is 0.758. The summed E-state index contributed by atoms with van der Waals surface area (Å²) in [6.45, 7) is 3.40. The van der Waals surface area contributed by atoms with Crippen LogP contribution in [-0.4, -0.2) is 54.7 Å². The Morgan fingerprint density at radius 1 is 1.27 bits per heavy atom. The third kappa shape index (κ3) is 4.32. The van der Waals surface area contributed by atoms with Crippen LogP contribution in [-0.2, 0) is 26.1 Å². The van der Waals surface area contributed by atoms with Gasteiger partial charge in [-0.3, -0.25) is 9.48 Å². The van der Waals surface area contributed by atoms with Gasteiger partial charge in [0.15, 0.2) is 0 Å². The number of benzene rings is 1. The third-order valence-electron chi connectivity index (χ3n) is 3.94. The predicted molar refractivity (Wildman–Crippen MR) is 99.3 cm³/mol. The fraction of sp³-hybridized carbons (Fsp3) is 0.375. The first-order chi connectivity index (χ1) is 12.4. The van der Waals surface area contributed by atoms with Gasteiger partial charge < -0.3 is 10.1 Å². The molecular weight excluding hydrogens is 424 g/mol. The summed E-state index contributed by atoms with van der Waals surface area (Å²) < 4.78 is 34.1. The van der Waals surface area contributed by atoms with E-state index in [1.807, 2.05) is 6.92 Å². The number of halogens is 1. The molecule has 1 N–H and O–H groups in total. The van der Waals surface area contributed by atoms with Crippen molar-refractivity contribution in [1.82, 2.24) is 14.1 Å². The summed E-state index contributed by atoms with van der Waals surface area (Å²) in [5, 5.41) is 6.94. The zero-order valence-corrected chi connectivity index (χ0v) is 16.6. The van der Waals surface area contributed by atoms with Gasteiger partial charge in [-0.15, -0.1) is 0 Å². The van der Waals surface area contributed by atoms with Crippen molar-refractivity contribution in [3.05, 3.63) is 40.6 Å². The Balaban J connectivity index is 1.64. The summed E-state index contributed by atoms with van der Waals surface area (Å²) >= 11 is 3.35. The Labute approximate surface area is 160 Å². The highest BCUT2D eigenvalue weighted by Crippen LogP contribution is 2.19. The van der Waals surface area contributed by atoms with E-state index >= 15 is 0 Å². The number of hydrogen-bond donors (Lipinski definition) is 1. The van der Waals surface area contributed by atoms with Gasteiger partial charge in [-0.25, -0.2) is 8.42 Å². The summed E-state index contributed by atoms with van der Waals surface area (Å²) in [6, 6.07) is 6.15. The topological polar surface area (TPSA) is 93.5 Å². The highest BCUT2D eigenvalue weighted by Gasteiger charge is 2.26. The zero-order chi connectivity index (χ0) is 18.7. The number of amides is 1. The molecule has 1 fully saturated rings. The summed E-state index contributed by atoms with van der Waals surface area (Å²) in [7, 11) is -3.54. The molecule has 0 bridgehead atoms. The number of hydrogen-bond acceptors (Lipinski definition) is 5. The number of sulfonamides is 1. The minimum absolute atomic E-state index is 0.0697. The number of nitrogens with one attached hydrogen (secondary N) is 1. The van der Waals surface area contributed by atoms with E-state index in [1.54, 1.807) is 18.3 Å². The summed E-state index contributed by atoms with van der Waals surface area (Å²) in [5.74, 6) is -0.246. The lowest BCUT2D eigenvalue weighted by molar-refractivity contribution is -0.116. The molecule has 8 nitrogen and oxygen atoms in total. The molecule has 1 aromatic heterocycles. The third-order valence-corrected chi connectivity index (χ3v) is 6.63. The first kappa shape index (κ1) is 19.0. The number of aryl methyl sites for hydroxylation is 1. The van der Waals surface area contributed by atoms with Crippen molar-refractivity contribution in [2.75, 3.05) is 31.6 Å². The smallest absolute Gasteiger partial charge is 0.246 e. The van der Waals surface area contributed by atoms with Crippen LogP contribution >= 0.6 is 15.9 Å². The van der Waals surface area contributed by atoms with E-state index in [2.05, 4.69) is 26.3 Å². The Morgan fingerprint density at radius 2 is 1.92 bits per heavy atom. The Hall–Kier alpha value is -1.75. The fourth-order valence-electron chi connectivity index (χ4n) is 2.57. The van der Waals surface area contributed by atoms with Crippen LogP contribution in [0.4, 0.5) is 5.69 Å². The van der Waals surface area contributed by atoms with Crippen LogP contribution in [0, 0.1) is 6.92 Å². The summed E-state index contributed by atoms with van der Waals surface area (Å²) in [6.07, 6.45) is 1.73. The van der Waals surface area contributed by atoms with E-state index in [0.717, 1.165) is 10.2 Å². The standard InChI is InChI=1S/C16H19BrN4O4S/c1-12-15(17)10-20(19-12)11-16(22)18-13-2-4-14(5-3-13)26(23,24)21-6-8-25-9-7-21/h2-5,10H,6-9,11H2,1H3,(H,18,22). The van der Waals surface area contributed by atoms with Crippen LogP contribution in [0.3, 0.4) is 0 Å². The van der Waals surface area contributed by atoms with Crippen LogP contribution < -0.4 is 5.32 Å². The molecule has 0 radical (unpaired) electrons. The van der Waals surface area contributed by atoms with E-state index in [0.29, 0.717) is 32.0 Å². The molecule has 1 amide bonds. The molecule has 0 spiro atoms. The Morgan fingerprint density at radius 3 is 2.50 bits per heavy atom. The molecule has 1 saturated heterocycles. The average molecular weight is 443 g/mol. The molecule has 10 heteroatoms. The zero-order valence-electron chi connectivity index (χ0n) is 14.2. The van der Waals surface area contributed by atoms with Crippen molar-refractivity contribution in [1.29, 1.82) is 0 Å². The van der Waals surface area contributed by atoms with Gasteiger partial charge in [0.2, 0.25) is 15.9 Å². The van der Waals surface area contributed by atoms with Crippen molar-refractivity contribution >= 4 is 37.5 Å². The second kappa shape index (κ2) is 7.87. The lowest BCUT2D eigenvalue weighted by atomic mass is 10.3. The molecular formula is C16H19BrN4O4S. The molecule has 3 rings (SSSR count). The molecule has 0 atom stereocenters. The molecule has 2 heterocycles. The minimum Gasteiger partial charge on any atom is -0.379 e. The van der Waals surface area contributed by atoms with Crippen molar-refractivity contribution in [3.8, 4) is 0 Å². The largest absolute Gasteiger partial charge is 0.379 e. The van der Waals surface area contributed by atoms with Gasteiger partial charge >= 0.3 is 0 Å². The number of morpholine rings is 1. The molecule has 1 aliphatic rings. The van der Waals surface area contributed by atoms with Gasteiger partial charge in [-0.2, -0.15) is 9.40 Å². The number of anilines is 1. The molecule has 1 aromatic carbocycles. The highest BCUT2D eigenvalue weighted by atomic mass is 79.9. The van der Waals surface area contributed by atoms with Crippen molar-refractivity contribution < 1.29 is 17.9 Å². The maximum absolute atomic E-state index is 12.6.